The van der Waals surface area contributed by atoms with Crippen molar-refractivity contribution >= 4 is 24.1 Å². The molecule has 23 heavy (non-hydrogen) atoms. The van der Waals surface area contributed by atoms with E-state index in [0.717, 1.165) is 24.5 Å². The third kappa shape index (κ3) is 4.95. The van der Waals surface area contributed by atoms with Crippen molar-refractivity contribution in [1.82, 2.24) is 20.4 Å². The molecule has 3 rings (SSSR count). The first kappa shape index (κ1) is 17.3. The summed E-state index contributed by atoms with van der Waals surface area (Å²) in [6.45, 7) is 2.80. The molecule has 2 amide bonds. The molecule has 3 N–H and O–H groups in total. The zero-order valence-electron chi connectivity index (χ0n) is 12.6. The summed E-state index contributed by atoms with van der Waals surface area (Å²) < 4.78 is 7.28. The second-order valence-electron chi connectivity index (χ2n) is 5.03. The molecule has 1 unspecified atom stereocenters. The summed E-state index contributed by atoms with van der Waals surface area (Å²) in [5.74, 6) is 0. The van der Waals surface area contributed by atoms with Gasteiger partial charge in [-0.3, -0.25) is 0 Å². The molecule has 0 radical (unpaired) electrons. The van der Waals surface area contributed by atoms with E-state index in [1.165, 1.54) is 0 Å². The molecule has 1 atom stereocenters. The summed E-state index contributed by atoms with van der Waals surface area (Å²) in [7, 11) is 0. The third-order valence-electron chi connectivity index (χ3n) is 3.39. The van der Waals surface area contributed by atoms with Crippen molar-refractivity contribution in [2.45, 2.75) is 6.10 Å². The first-order valence-electron chi connectivity index (χ1n) is 7.28. The van der Waals surface area contributed by atoms with E-state index in [-0.39, 0.29) is 24.5 Å². The summed E-state index contributed by atoms with van der Waals surface area (Å²) in [6.07, 6.45) is 3.62. The van der Waals surface area contributed by atoms with Gasteiger partial charge in [-0.2, -0.15) is 5.10 Å². The van der Waals surface area contributed by atoms with Crippen LogP contribution in [0, 0.1) is 0 Å². The molecule has 2 aromatic rings. The molecule has 1 aliphatic rings. The van der Waals surface area contributed by atoms with Crippen molar-refractivity contribution in [3.8, 4) is 5.69 Å². The Morgan fingerprint density at radius 2 is 2.22 bits per heavy atom. The van der Waals surface area contributed by atoms with Gasteiger partial charge in [0.2, 0.25) is 0 Å². The molecule has 1 fully saturated rings. The molecule has 1 aromatic carbocycles. The highest BCUT2D eigenvalue weighted by molar-refractivity contribution is 5.89. The van der Waals surface area contributed by atoms with E-state index in [1.54, 1.807) is 10.9 Å². The Hall–Kier alpha value is -2.09. The van der Waals surface area contributed by atoms with Gasteiger partial charge in [-0.05, 0) is 30.3 Å². The largest absolute Gasteiger partial charge is 0.374 e. The number of nitrogens with one attached hydrogen (secondary N) is 3. The minimum atomic E-state index is -0.235. The van der Waals surface area contributed by atoms with Gasteiger partial charge in [-0.25, -0.2) is 9.48 Å². The quantitative estimate of drug-likeness (QED) is 0.788. The molecule has 1 aliphatic heterocycles. The lowest BCUT2D eigenvalue weighted by atomic mass is 10.3. The summed E-state index contributed by atoms with van der Waals surface area (Å²) >= 11 is 0. The number of rotatable bonds is 4. The molecule has 7 nitrogen and oxygen atoms in total. The molecule has 8 heteroatoms. The van der Waals surface area contributed by atoms with E-state index >= 15 is 0 Å². The van der Waals surface area contributed by atoms with Crippen LogP contribution in [0.25, 0.3) is 5.69 Å². The van der Waals surface area contributed by atoms with Gasteiger partial charge in [-0.15, -0.1) is 12.4 Å². The fraction of sp³-hybridized carbons (Fsp3) is 0.333. The van der Waals surface area contributed by atoms with Crippen LogP contribution >= 0.6 is 12.4 Å². The fourth-order valence-electron chi connectivity index (χ4n) is 2.25. The van der Waals surface area contributed by atoms with Gasteiger partial charge in [0.25, 0.3) is 0 Å². The number of hydrogen-bond donors (Lipinski definition) is 3. The molecule has 0 spiro atoms. The van der Waals surface area contributed by atoms with E-state index < -0.39 is 0 Å². The van der Waals surface area contributed by atoms with Crippen molar-refractivity contribution < 1.29 is 9.53 Å². The maximum Gasteiger partial charge on any atom is 0.319 e. The Bertz CT molecular complexity index is 597. The second-order valence-corrected chi connectivity index (χ2v) is 5.03. The van der Waals surface area contributed by atoms with Crippen LogP contribution in [0.4, 0.5) is 10.5 Å². The third-order valence-corrected chi connectivity index (χ3v) is 3.39. The van der Waals surface area contributed by atoms with Crippen LogP contribution in [0.3, 0.4) is 0 Å². The van der Waals surface area contributed by atoms with E-state index in [1.807, 2.05) is 36.5 Å². The van der Waals surface area contributed by atoms with Crippen molar-refractivity contribution in [3.63, 3.8) is 0 Å². The van der Waals surface area contributed by atoms with Crippen molar-refractivity contribution in [3.05, 3.63) is 42.7 Å². The van der Waals surface area contributed by atoms with E-state index in [0.29, 0.717) is 13.2 Å². The van der Waals surface area contributed by atoms with Crippen molar-refractivity contribution in [2.24, 2.45) is 0 Å². The highest BCUT2D eigenvalue weighted by Gasteiger charge is 2.14. The minimum absolute atomic E-state index is 0. The van der Waals surface area contributed by atoms with Gasteiger partial charge in [0.15, 0.2) is 0 Å². The van der Waals surface area contributed by atoms with Crippen LogP contribution < -0.4 is 16.0 Å². The number of carbonyl (C=O) groups excluding carboxylic acids is 1. The molecule has 1 aromatic heterocycles. The summed E-state index contributed by atoms with van der Waals surface area (Å²) in [4.78, 5) is 11.9. The van der Waals surface area contributed by atoms with E-state index in [9.17, 15) is 4.79 Å². The van der Waals surface area contributed by atoms with E-state index in [4.69, 9.17) is 4.74 Å². The molecular weight excluding hydrogens is 318 g/mol. The van der Waals surface area contributed by atoms with Gasteiger partial charge >= 0.3 is 6.03 Å². The lowest BCUT2D eigenvalue weighted by Crippen LogP contribution is -2.45. The number of ether oxygens (including phenoxy) is 1. The molecular formula is C15H20ClN5O2. The first-order valence-corrected chi connectivity index (χ1v) is 7.28. The first-order chi connectivity index (χ1) is 10.8. The van der Waals surface area contributed by atoms with Crippen LogP contribution in [0.15, 0.2) is 42.7 Å². The number of benzene rings is 1. The average molecular weight is 338 g/mol. The molecule has 124 valence electrons. The van der Waals surface area contributed by atoms with Crippen LogP contribution in [0.5, 0.6) is 0 Å². The molecule has 0 bridgehead atoms. The van der Waals surface area contributed by atoms with Crippen LogP contribution in [-0.2, 0) is 4.74 Å². The summed E-state index contributed by atoms with van der Waals surface area (Å²) in [6, 6.07) is 9.11. The fourth-order valence-corrected chi connectivity index (χ4v) is 2.25. The summed E-state index contributed by atoms with van der Waals surface area (Å²) in [5.41, 5.74) is 1.67. The van der Waals surface area contributed by atoms with E-state index in [2.05, 4.69) is 21.0 Å². The summed E-state index contributed by atoms with van der Waals surface area (Å²) in [5, 5.41) is 13.0. The Balaban J connectivity index is 0.00000192. The molecule has 0 saturated carbocycles. The Labute approximate surface area is 140 Å². The zero-order chi connectivity index (χ0) is 15.2. The topological polar surface area (TPSA) is 80.2 Å². The number of aromatic nitrogens is 2. The van der Waals surface area contributed by atoms with Gasteiger partial charge < -0.3 is 20.7 Å². The van der Waals surface area contributed by atoms with Crippen molar-refractivity contribution in [2.75, 3.05) is 31.6 Å². The average Bonchev–Trinajstić information content (AvgIpc) is 3.09. The maximum atomic E-state index is 11.9. The predicted octanol–water partition coefficient (Wildman–Crippen LogP) is 1.40. The second kappa shape index (κ2) is 8.52. The van der Waals surface area contributed by atoms with Gasteiger partial charge in [-0.1, -0.05) is 0 Å². The molecule has 2 heterocycles. The Morgan fingerprint density at radius 3 is 2.87 bits per heavy atom. The number of nitrogens with zero attached hydrogens (tertiary/aromatic N) is 2. The lowest BCUT2D eigenvalue weighted by molar-refractivity contribution is 0.0310. The normalized spacial score (nSPS) is 17.1. The number of morpholine rings is 1. The lowest BCUT2D eigenvalue weighted by Gasteiger charge is -2.23. The van der Waals surface area contributed by atoms with Gasteiger partial charge in [0.1, 0.15) is 0 Å². The monoisotopic (exact) mass is 337 g/mol. The van der Waals surface area contributed by atoms with Gasteiger partial charge in [0, 0.05) is 37.7 Å². The number of hydrogen-bond acceptors (Lipinski definition) is 4. The van der Waals surface area contributed by atoms with Crippen LogP contribution in [0.1, 0.15) is 0 Å². The minimum Gasteiger partial charge on any atom is -0.374 e. The highest BCUT2D eigenvalue weighted by Crippen LogP contribution is 2.12. The van der Waals surface area contributed by atoms with Crippen LogP contribution in [-0.4, -0.2) is 48.2 Å². The maximum absolute atomic E-state index is 11.9. The van der Waals surface area contributed by atoms with Gasteiger partial charge in [0.05, 0.1) is 18.4 Å². The number of anilines is 1. The van der Waals surface area contributed by atoms with Crippen molar-refractivity contribution in [1.29, 1.82) is 0 Å². The number of amides is 2. The molecule has 0 aliphatic carbocycles. The molecule has 1 saturated heterocycles. The predicted molar refractivity (Wildman–Crippen MR) is 90.4 cm³/mol. The van der Waals surface area contributed by atoms with Crippen LogP contribution in [0.2, 0.25) is 0 Å². The zero-order valence-corrected chi connectivity index (χ0v) is 13.4. The Kier molecular flexibility index (Phi) is 6.40. The Morgan fingerprint density at radius 1 is 1.39 bits per heavy atom. The standard InChI is InChI=1S/C15H19N5O2.ClH/c21-15(17-11-14-10-16-7-9-22-14)19-12-2-4-13(5-3-12)20-8-1-6-18-20;/h1-6,8,14,16H,7,9-11H2,(H2,17,19,21);1H. The number of halogens is 1. The number of urea groups is 1. The SMILES string of the molecule is Cl.O=C(NCC1CNCCO1)Nc1ccc(-n2cccn2)cc1. The number of carbonyl (C=O) groups is 1. The smallest absolute Gasteiger partial charge is 0.319 e. The highest BCUT2D eigenvalue weighted by atomic mass is 35.5.